The average Bonchev–Trinajstić information content (AvgIpc) is 2.79. The monoisotopic (exact) mass is 269 g/mol. The Labute approximate surface area is 109 Å². The summed E-state index contributed by atoms with van der Waals surface area (Å²) >= 11 is 1.28. The summed E-state index contributed by atoms with van der Waals surface area (Å²) in [4.78, 5) is 24.4. The number of imide groups is 1. The Morgan fingerprint density at radius 3 is 2.72 bits per heavy atom. The van der Waals surface area contributed by atoms with Crippen LogP contribution in [0.4, 0.5) is 0 Å². The van der Waals surface area contributed by atoms with Gasteiger partial charge in [0.05, 0.1) is 0 Å². The maximum atomic E-state index is 11.8. The lowest BCUT2D eigenvalue weighted by Crippen LogP contribution is -2.26. The number of hydrogen-bond donors (Lipinski definition) is 1. The number of thioether (sulfide) groups is 1. The molecule has 8 heteroatoms. The molecular weight excluding hydrogens is 254 g/mol. The predicted molar refractivity (Wildman–Crippen MR) is 65.9 cm³/mol. The van der Waals surface area contributed by atoms with E-state index in [1.54, 1.807) is 0 Å². The van der Waals surface area contributed by atoms with Crippen molar-refractivity contribution < 1.29 is 9.59 Å². The van der Waals surface area contributed by atoms with Crippen molar-refractivity contribution in [1.82, 2.24) is 19.7 Å². The van der Waals surface area contributed by atoms with Crippen LogP contribution in [0, 0.1) is 6.92 Å². The van der Waals surface area contributed by atoms with Crippen molar-refractivity contribution in [3.63, 3.8) is 0 Å². The number of carbonyl (C=O) groups excluding carboxylic acids is 2. The van der Waals surface area contributed by atoms with Crippen LogP contribution in [-0.2, 0) is 16.1 Å². The summed E-state index contributed by atoms with van der Waals surface area (Å²) in [6.07, 6.45) is 0.217. The van der Waals surface area contributed by atoms with Crippen molar-refractivity contribution in [2.75, 3.05) is 13.6 Å². The minimum Gasteiger partial charge on any atom is -0.329 e. The lowest BCUT2D eigenvalue weighted by atomic mass is 10.4. The number of amides is 2. The summed E-state index contributed by atoms with van der Waals surface area (Å²) in [5.41, 5.74) is 5.52. The van der Waals surface area contributed by atoms with Crippen LogP contribution in [-0.4, -0.2) is 50.3 Å². The number of likely N-dealkylation sites (tertiary alicyclic amines) is 1. The van der Waals surface area contributed by atoms with Crippen molar-refractivity contribution in [1.29, 1.82) is 0 Å². The van der Waals surface area contributed by atoms with E-state index in [2.05, 4.69) is 10.2 Å². The lowest BCUT2D eigenvalue weighted by molar-refractivity contribution is -0.136. The summed E-state index contributed by atoms with van der Waals surface area (Å²) in [6, 6.07) is 0. The fraction of sp³-hybridized carbons (Fsp3) is 0.600. The Morgan fingerprint density at radius 2 is 2.17 bits per heavy atom. The predicted octanol–water partition coefficient (Wildman–Crippen LogP) is -0.605. The van der Waals surface area contributed by atoms with Crippen molar-refractivity contribution in [2.24, 2.45) is 5.73 Å². The molecule has 0 spiro atoms. The summed E-state index contributed by atoms with van der Waals surface area (Å²) in [5, 5.41) is 8.23. The molecule has 0 saturated carbocycles. The number of rotatable bonds is 4. The first-order valence-corrected chi connectivity index (χ1v) is 6.49. The van der Waals surface area contributed by atoms with Gasteiger partial charge in [0.2, 0.25) is 11.8 Å². The number of carbonyl (C=O) groups is 2. The van der Waals surface area contributed by atoms with Crippen molar-refractivity contribution in [3.8, 4) is 0 Å². The van der Waals surface area contributed by atoms with E-state index in [0.29, 0.717) is 18.2 Å². The first-order chi connectivity index (χ1) is 8.54. The van der Waals surface area contributed by atoms with Crippen LogP contribution in [0.5, 0.6) is 0 Å². The molecule has 1 aromatic rings. The molecule has 98 valence electrons. The Balaban J connectivity index is 2.15. The highest BCUT2D eigenvalue weighted by atomic mass is 32.2. The van der Waals surface area contributed by atoms with E-state index in [1.807, 2.05) is 11.5 Å². The summed E-state index contributed by atoms with van der Waals surface area (Å²) in [5.74, 6) is 0.428. The van der Waals surface area contributed by atoms with Gasteiger partial charge < -0.3 is 10.3 Å². The zero-order valence-corrected chi connectivity index (χ0v) is 11.1. The SMILES string of the molecule is Cc1nnc(SC2CC(=O)N(C)C2=O)n1CCN. The molecule has 1 aromatic heterocycles. The molecule has 1 fully saturated rings. The smallest absolute Gasteiger partial charge is 0.243 e. The molecule has 2 N–H and O–H groups in total. The minimum absolute atomic E-state index is 0.154. The van der Waals surface area contributed by atoms with Crippen LogP contribution in [0.15, 0.2) is 5.16 Å². The van der Waals surface area contributed by atoms with Gasteiger partial charge >= 0.3 is 0 Å². The molecule has 0 radical (unpaired) electrons. The van der Waals surface area contributed by atoms with Gasteiger partial charge in [0.25, 0.3) is 0 Å². The third kappa shape index (κ3) is 2.25. The van der Waals surface area contributed by atoms with Gasteiger partial charge in [-0.1, -0.05) is 11.8 Å². The third-order valence-corrected chi connectivity index (χ3v) is 4.01. The van der Waals surface area contributed by atoms with Crippen molar-refractivity contribution in [2.45, 2.75) is 30.3 Å². The number of aryl methyl sites for hydroxylation is 1. The summed E-state index contributed by atoms with van der Waals surface area (Å²) in [6.45, 7) is 2.91. The number of aromatic nitrogens is 3. The van der Waals surface area contributed by atoms with E-state index in [-0.39, 0.29) is 18.2 Å². The molecule has 2 heterocycles. The van der Waals surface area contributed by atoms with E-state index in [9.17, 15) is 9.59 Å². The van der Waals surface area contributed by atoms with Gasteiger partial charge in [0, 0.05) is 26.6 Å². The molecule has 0 bridgehead atoms. The first-order valence-electron chi connectivity index (χ1n) is 5.61. The molecule has 18 heavy (non-hydrogen) atoms. The normalized spacial score (nSPS) is 19.9. The van der Waals surface area contributed by atoms with Crippen molar-refractivity contribution in [3.05, 3.63) is 5.82 Å². The van der Waals surface area contributed by atoms with Gasteiger partial charge in [-0.05, 0) is 6.92 Å². The second kappa shape index (κ2) is 5.07. The standard InChI is InChI=1S/C10H15N5O2S/c1-6-12-13-10(15(6)4-3-11)18-7-5-8(16)14(2)9(7)17/h7H,3-5,11H2,1-2H3. The Bertz CT molecular complexity index is 487. The molecule has 2 amide bonds. The molecule has 1 unspecified atom stereocenters. The van der Waals surface area contributed by atoms with E-state index >= 15 is 0 Å². The fourth-order valence-corrected chi connectivity index (χ4v) is 2.95. The van der Waals surface area contributed by atoms with E-state index in [1.165, 1.54) is 18.8 Å². The molecule has 0 aliphatic carbocycles. The second-order valence-corrected chi connectivity index (χ2v) is 5.24. The fourth-order valence-electron chi connectivity index (χ4n) is 1.78. The van der Waals surface area contributed by atoms with E-state index in [0.717, 1.165) is 10.7 Å². The van der Waals surface area contributed by atoms with Gasteiger partial charge in [-0.25, -0.2) is 0 Å². The van der Waals surface area contributed by atoms with Crippen LogP contribution in [0.25, 0.3) is 0 Å². The molecule has 1 aliphatic heterocycles. The topological polar surface area (TPSA) is 94.1 Å². The van der Waals surface area contributed by atoms with Crippen LogP contribution in [0.1, 0.15) is 12.2 Å². The molecule has 2 rings (SSSR count). The Kier molecular flexibility index (Phi) is 3.67. The highest BCUT2D eigenvalue weighted by molar-refractivity contribution is 8.00. The molecule has 0 aromatic carbocycles. The zero-order valence-electron chi connectivity index (χ0n) is 10.3. The molecule has 7 nitrogen and oxygen atoms in total. The van der Waals surface area contributed by atoms with Gasteiger partial charge in [0.1, 0.15) is 11.1 Å². The number of nitrogens with zero attached hydrogens (tertiary/aromatic N) is 4. The van der Waals surface area contributed by atoms with Crippen molar-refractivity contribution >= 4 is 23.6 Å². The molecule has 1 saturated heterocycles. The lowest BCUT2D eigenvalue weighted by Gasteiger charge is -2.09. The highest BCUT2D eigenvalue weighted by Gasteiger charge is 2.37. The third-order valence-electron chi connectivity index (χ3n) is 2.84. The summed E-state index contributed by atoms with van der Waals surface area (Å²) in [7, 11) is 1.50. The largest absolute Gasteiger partial charge is 0.329 e. The Morgan fingerprint density at radius 1 is 1.44 bits per heavy atom. The average molecular weight is 269 g/mol. The molecule has 1 atom stereocenters. The van der Waals surface area contributed by atoms with E-state index < -0.39 is 5.25 Å². The second-order valence-electron chi connectivity index (χ2n) is 4.07. The Hall–Kier alpha value is -1.41. The van der Waals surface area contributed by atoms with Crippen LogP contribution >= 0.6 is 11.8 Å². The highest BCUT2D eigenvalue weighted by Crippen LogP contribution is 2.29. The van der Waals surface area contributed by atoms with Crippen LogP contribution in [0.3, 0.4) is 0 Å². The molecular formula is C10H15N5O2S. The quantitative estimate of drug-likeness (QED) is 0.733. The van der Waals surface area contributed by atoms with Gasteiger partial charge in [-0.2, -0.15) is 0 Å². The zero-order chi connectivity index (χ0) is 13.3. The molecule has 1 aliphatic rings. The summed E-state index contributed by atoms with van der Waals surface area (Å²) < 4.78 is 1.86. The van der Waals surface area contributed by atoms with Gasteiger partial charge in [-0.3, -0.25) is 14.5 Å². The number of nitrogens with two attached hydrogens (primary N) is 1. The number of hydrogen-bond acceptors (Lipinski definition) is 6. The van der Waals surface area contributed by atoms with Gasteiger partial charge in [0.15, 0.2) is 5.16 Å². The first kappa shape index (κ1) is 13.0. The maximum Gasteiger partial charge on any atom is 0.243 e. The maximum absolute atomic E-state index is 11.8. The van der Waals surface area contributed by atoms with Gasteiger partial charge in [-0.15, -0.1) is 10.2 Å². The van der Waals surface area contributed by atoms with E-state index in [4.69, 9.17) is 5.73 Å². The minimum atomic E-state index is -0.400. The van der Waals surface area contributed by atoms with Crippen LogP contribution in [0.2, 0.25) is 0 Å². The van der Waals surface area contributed by atoms with Crippen LogP contribution < -0.4 is 5.73 Å².